The smallest absolute Gasteiger partial charge is 0.245 e. The van der Waals surface area contributed by atoms with Gasteiger partial charge in [0.2, 0.25) is 11.8 Å². The average Bonchev–Trinajstić information content (AvgIpc) is 3.14. The normalized spacial score (nSPS) is 11.6. The van der Waals surface area contributed by atoms with Crippen molar-refractivity contribution in [2.45, 2.75) is 11.1 Å². The minimum atomic E-state index is -0.996. The predicted molar refractivity (Wildman–Crippen MR) is 184 cm³/mol. The van der Waals surface area contributed by atoms with Crippen molar-refractivity contribution in [3.63, 3.8) is 0 Å². The van der Waals surface area contributed by atoms with E-state index in [0.29, 0.717) is 0 Å². The molecule has 4 heteroatoms. The molecule has 0 fully saturated rings. The molecular weight excluding hydrogens is 564 g/mol. The number of amides is 2. The van der Waals surface area contributed by atoms with Crippen LogP contribution in [0.3, 0.4) is 0 Å². The summed E-state index contributed by atoms with van der Waals surface area (Å²) in [5, 5.41) is 6.57. The van der Waals surface area contributed by atoms with Crippen LogP contribution >= 0.6 is 0 Å². The van der Waals surface area contributed by atoms with Crippen LogP contribution in [0.5, 0.6) is 0 Å². The molecule has 0 aromatic heterocycles. The standard InChI is InChI=1S/C42H34N2O2/c45-39(43-41(33-19-7-1-8-20-33,34-21-9-2-10-22-34)35-23-11-3-12-24-35)31-32-40(46)44-42(36-25-13-4-14-26-36,37-27-15-5-16-28-37)38-29-17-6-18-30-38/h1-32H,(H,43,45)(H,44,46)/b32-31-. The molecule has 0 atom stereocenters. The molecule has 6 rings (SSSR count). The number of benzene rings is 6. The predicted octanol–water partition coefficient (Wildman–Crippen LogP) is 7.76. The molecule has 0 saturated carbocycles. The second kappa shape index (κ2) is 13.7. The van der Waals surface area contributed by atoms with Gasteiger partial charge in [-0.05, 0) is 33.4 Å². The second-order valence-electron chi connectivity index (χ2n) is 11.0. The monoisotopic (exact) mass is 598 g/mol. The molecule has 6 aromatic carbocycles. The van der Waals surface area contributed by atoms with E-state index in [0.717, 1.165) is 33.4 Å². The minimum absolute atomic E-state index is 0.406. The first-order valence-corrected chi connectivity index (χ1v) is 15.3. The lowest BCUT2D eigenvalue weighted by Gasteiger charge is -2.37. The first kappa shape index (κ1) is 30.0. The summed E-state index contributed by atoms with van der Waals surface area (Å²) in [4.78, 5) is 27.8. The van der Waals surface area contributed by atoms with Crippen molar-refractivity contribution < 1.29 is 9.59 Å². The molecule has 0 bridgehead atoms. The number of rotatable bonds is 10. The van der Waals surface area contributed by atoms with E-state index in [1.165, 1.54) is 12.2 Å². The van der Waals surface area contributed by atoms with E-state index in [2.05, 4.69) is 10.6 Å². The van der Waals surface area contributed by atoms with Gasteiger partial charge in [-0.2, -0.15) is 0 Å². The molecule has 4 nitrogen and oxygen atoms in total. The zero-order valence-corrected chi connectivity index (χ0v) is 25.3. The Kier molecular flexibility index (Phi) is 8.98. The number of carbonyl (C=O) groups excluding carboxylic acids is 2. The number of hydrogen-bond donors (Lipinski definition) is 2. The van der Waals surface area contributed by atoms with Crippen LogP contribution in [0.1, 0.15) is 33.4 Å². The summed E-state index contributed by atoms with van der Waals surface area (Å²) in [6, 6.07) is 59.3. The van der Waals surface area contributed by atoms with Crippen LogP contribution < -0.4 is 10.6 Å². The SMILES string of the molecule is O=C(/C=C\C(=O)NC(c1ccccc1)(c1ccccc1)c1ccccc1)NC(c1ccccc1)(c1ccccc1)c1ccccc1. The molecule has 0 aliphatic rings. The molecule has 0 radical (unpaired) electrons. The van der Waals surface area contributed by atoms with Gasteiger partial charge in [-0.25, -0.2) is 0 Å². The van der Waals surface area contributed by atoms with Crippen molar-refractivity contribution in [3.05, 3.63) is 228 Å². The van der Waals surface area contributed by atoms with Crippen LogP contribution in [0.15, 0.2) is 194 Å². The van der Waals surface area contributed by atoms with Gasteiger partial charge in [-0.1, -0.05) is 182 Å². The van der Waals surface area contributed by atoms with E-state index >= 15 is 0 Å². The maximum atomic E-state index is 13.9. The third-order valence-corrected chi connectivity index (χ3v) is 8.25. The maximum Gasteiger partial charge on any atom is 0.245 e. The highest BCUT2D eigenvalue weighted by Gasteiger charge is 2.39. The number of carbonyl (C=O) groups is 2. The highest BCUT2D eigenvalue weighted by molar-refractivity contribution is 5.98. The summed E-state index contributed by atoms with van der Waals surface area (Å²) in [5.74, 6) is -0.812. The number of nitrogens with one attached hydrogen (secondary N) is 2. The Morgan fingerprint density at radius 2 is 0.500 bits per heavy atom. The first-order chi connectivity index (χ1) is 22.6. The van der Waals surface area contributed by atoms with Gasteiger partial charge >= 0.3 is 0 Å². The van der Waals surface area contributed by atoms with Crippen molar-refractivity contribution >= 4 is 11.8 Å². The van der Waals surface area contributed by atoms with Crippen LogP contribution in [0.25, 0.3) is 0 Å². The molecule has 6 aromatic rings. The Morgan fingerprint density at radius 3 is 0.674 bits per heavy atom. The van der Waals surface area contributed by atoms with Crippen LogP contribution in [0.4, 0.5) is 0 Å². The molecular formula is C42H34N2O2. The molecule has 0 saturated heterocycles. The lowest BCUT2D eigenvalue weighted by Crippen LogP contribution is -2.48. The van der Waals surface area contributed by atoms with Crippen molar-refractivity contribution in [2.75, 3.05) is 0 Å². The molecule has 0 aliphatic carbocycles. The maximum absolute atomic E-state index is 13.9. The van der Waals surface area contributed by atoms with E-state index < -0.39 is 22.9 Å². The van der Waals surface area contributed by atoms with E-state index in [4.69, 9.17) is 0 Å². The van der Waals surface area contributed by atoms with Crippen LogP contribution in [0.2, 0.25) is 0 Å². The van der Waals surface area contributed by atoms with Crippen molar-refractivity contribution in [1.29, 1.82) is 0 Å². The van der Waals surface area contributed by atoms with E-state index in [1.54, 1.807) is 0 Å². The Balaban J connectivity index is 1.38. The van der Waals surface area contributed by atoms with Gasteiger partial charge in [0.25, 0.3) is 0 Å². The first-order valence-electron chi connectivity index (χ1n) is 15.3. The molecule has 0 spiro atoms. The topological polar surface area (TPSA) is 58.2 Å². The summed E-state index contributed by atoms with van der Waals surface area (Å²) in [5.41, 5.74) is 3.40. The Bertz CT molecular complexity index is 1560. The van der Waals surface area contributed by atoms with Gasteiger partial charge in [0.15, 0.2) is 0 Å². The highest BCUT2D eigenvalue weighted by atomic mass is 16.2. The second-order valence-corrected chi connectivity index (χ2v) is 11.0. The molecule has 0 unspecified atom stereocenters. The van der Waals surface area contributed by atoms with Crippen LogP contribution in [0, 0.1) is 0 Å². The quantitative estimate of drug-likeness (QED) is 0.125. The Hall–Kier alpha value is -6.00. The molecule has 2 amide bonds. The van der Waals surface area contributed by atoms with E-state index in [1.807, 2.05) is 182 Å². The summed E-state index contributed by atoms with van der Waals surface area (Å²) in [6.07, 6.45) is 2.62. The van der Waals surface area contributed by atoms with Gasteiger partial charge in [0, 0.05) is 12.2 Å². The zero-order valence-electron chi connectivity index (χ0n) is 25.3. The van der Waals surface area contributed by atoms with Crippen LogP contribution in [-0.2, 0) is 20.7 Å². The van der Waals surface area contributed by atoms with Gasteiger partial charge in [0.05, 0.1) is 0 Å². The molecule has 0 heterocycles. The molecule has 0 aliphatic heterocycles. The fourth-order valence-corrected chi connectivity index (χ4v) is 6.17. The van der Waals surface area contributed by atoms with Gasteiger partial charge in [-0.15, -0.1) is 0 Å². The average molecular weight is 599 g/mol. The molecule has 2 N–H and O–H groups in total. The number of hydrogen-bond acceptors (Lipinski definition) is 2. The largest absolute Gasteiger partial charge is 0.335 e. The van der Waals surface area contributed by atoms with Crippen molar-refractivity contribution in [2.24, 2.45) is 0 Å². The molecule has 224 valence electrons. The fourth-order valence-electron chi connectivity index (χ4n) is 6.17. The van der Waals surface area contributed by atoms with E-state index in [9.17, 15) is 9.59 Å². The minimum Gasteiger partial charge on any atom is -0.335 e. The third kappa shape index (κ3) is 6.01. The fraction of sp³-hybridized carbons (Fsp3) is 0.0476. The summed E-state index contributed by atoms with van der Waals surface area (Å²) < 4.78 is 0. The highest BCUT2D eigenvalue weighted by Crippen LogP contribution is 2.38. The van der Waals surface area contributed by atoms with Crippen molar-refractivity contribution in [3.8, 4) is 0 Å². The summed E-state index contributed by atoms with van der Waals surface area (Å²) in [7, 11) is 0. The lowest BCUT2D eigenvalue weighted by atomic mass is 9.77. The molecule has 46 heavy (non-hydrogen) atoms. The van der Waals surface area contributed by atoms with Crippen LogP contribution in [-0.4, -0.2) is 11.8 Å². The van der Waals surface area contributed by atoms with Gasteiger partial charge in [0.1, 0.15) is 11.1 Å². The van der Waals surface area contributed by atoms with Gasteiger partial charge in [-0.3, -0.25) is 9.59 Å². The third-order valence-electron chi connectivity index (χ3n) is 8.25. The summed E-state index contributed by atoms with van der Waals surface area (Å²) in [6.45, 7) is 0. The lowest BCUT2D eigenvalue weighted by molar-refractivity contribution is -0.120. The summed E-state index contributed by atoms with van der Waals surface area (Å²) >= 11 is 0. The van der Waals surface area contributed by atoms with Gasteiger partial charge < -0.3 is 10.6 Å². The Morgan fingerprint density at radius 1 is 0.326 bits per heavy atom. The van der Waals surface area contributed by atoms with Crippen molar-refractivity contribution in [1.82, 2.24) is 10.6 Å². The Labute approximate surface area is 270 Å². The zero-order chi connectivity index (χ0) is 31.7. The van der Waals surface area contributed by atoms with E-state index in [-0.39, 0.29) is 0 Å².